The van der Waals surface area contributed by atoms with E-state index in [1.165, 1.54) is 0 Å². The van der Waals surface area contributed by atoms with E-state index in [9.17, 15) is 13.9 Å². The molecule has 8 heteroatoms. The number of ether oxygens (including phenoxy) is 1. The van der Waals surface area contributed by atoms with Crippen LogP contribution in [0.2, 0.25) is 0 Å². The van der Waals surface area contributed by atoms with Crippen LogP contribution in [0.25, 0.3) is 0 Å². The Kier molecular flexibility index (Phi) is 5.74. The molecule has 2 heterocycles. The Balaban J connectivity index is 1.72. The van der Waals surface area contributed by atoms with Gasteiger partial charge in [-0.15, -0.1) is 0 Å². The normalized spacial score (nSPS) is 19.9. The van der Waals surface area contributed by atoms with Crippen molar-refractivity contribution in [3.63, 3.8) is 0 Å². The molecular formula is C19H24F2N4O2. The average Bonchev–Trinajstić information content (AvgIpc) is 2.62. The molecule has 0 amide bonds. The first-order valence-corrected chi connectivity index (χ1v) is 8.96. The van der Waals surface area contributed by atoms with E-state index in [4.69, 9.17) is 4.74 Å². The fourth-order valence-electron chi connectivity index (χ4n) is 3.04. The minimum Gasteiger partial charge on any atom is -0.487 e. The van der Waals surface area contributed by atoms with Gasteiger partial charge in [0.15, 0.2) is 0 Å². The van der Waals surface area contributed by atoms with Gasteiger partial charge in [-0.1, -0.05) is 6.92 Å². The zero-order valence-corrected chi connectivity index (χ0v) is 15.7. The number of aliphatic hydroxyl groups is 1. The Morgan fingerprint density at radius 1 is 1.19 bits per heavy atom. The van der Waals surface area contributed by atoms with Crippen LogP contribution in [0, 0.1) is 11.6 Å². The smallest absolute Gasteiger partial charge is 0.227 e. The van der Waals surface area contributed by atoms with Crippen molar-refractivity contribution in [1.82, 2.24) is 9.97 Å². The van der Waals surface area contributed by atoms with Crippen molar-refractivity contribution in [3.05, 3.63) is 41.6 Å². The number of nitrogens with zero attached hydrogens (tertiary/aromatic N) is 4. The minimum atomic E-state index is -0.812. The summed E-state index contributed by atoms with van der Waals surface area (Å²) in [6.45, 7) is 2.95. The SMILES string of the molecule is CCc1cc(N2CC[C@@H](Oc3cc(F)cc(F)c3)[C@H](O)C2)nc(N(C)C)n1. The molecule has 2 atom stereocenters. The number of hydrogen-bond acceptors (Lipinski definition) is 6. The zero-order valence-electron chi connectivity index (χ0n) is 15.7. The summed E-state index contributed by atoms with van der Waals surface area (Å²) >= 11 is 0. The first-order valence-electron chi connectivity index (χ1n) is 8.96. The monoisotopic (exact) mass is 378 g/mol. The van der Waals surface area contributed by atoms with Crippen LogP contribution in [-0.2, 0) is 6.42 Å². The Bertz CT molecular complexity index is 783. The molecule has 1 fully saturated rings. The number of rotatable bonds is 5. The third-order valence-electron chi connectivity index (χ3n) is 4.48. The van der Waals surface area contributed by atoms with Crippen molar-refractivity contribution in [2.75, 3.05) is 37.0 Å². The number of aliphatic hydroxyl groups excluding tert-OH is 1. The fraction of sp³-hybridized carbons (Fsp3) is 0.474. The van der Waals surface area contributed by atoms with Crippen molar-refractivity contribution in [1.29, 1.82) is 0 Å². The highest BCUT2D eigenvalue weighted by molar-refractivity contribution is 5.46. The van der Waals surface area contributed by atoms with E-state index < -0.39 is 23.8 Å². The van der Waals surface area contributed by atoms with Crippen molar-refractivity contribution in [3.8, 4) is 5.75 Å². The molecule has 1 N–H and O–H groups in total. The third kappa shape index (κ3) is 4.63. The van der Waals surface area contributed by atoms with Gasteiger partial charge >= 0.3 is 0 Å². The molecule has 146 valence electrons. The molecule has 0 bridgehead atoms. The van der Waals surface area contributed by atoms with E-state index in [0.29, 0.717) is 25.5 Å². The maximum Gasteiger partial charge on any atom is 0.227 e. The molecule has 0 radical (unpaired) electrons. The number of anilines is 2. The predicted molar refractivity (Wildman–Crippen MR) is 99.3 cm³/mol. The van der Waals surface area contributed by atoms with Gasteiger partial charge in [0.2, 0.25) is 5.95 Å². The average molecular weight is 378 g/mol. The summed E-state index contributed by atoms with van der Waals surface area (Å²) in [7, 11) is 3.76. The highest BCUT2D eigenvalue weighted by atomic mass is 19.1. The van der Waals surface area contributed by atoms with Gasteiger partial charge < -0.3 is 19.6 Å². The van der Waals surface area contributed by atoms with Crippen LogP contribution in [0.1, 0.15) is 19.0 Å². The first kappa shape index (κ1) is 19.3. The summed E-state index contributed by atoms with van der Waals surface area (Å²) < 4.78 is 32.3. The number of aromatic nitrogens is 2. The molecule has 0 saturated carbocycles. The number of halogens is 2. The number of hydrogen-bond donors (Lipinski definition) is 1. The van der Waals surface area contributed by atoms with Crippen LogP contribution >= 0.6 is 0 Å². The molecule has 2 aromatic rings. The third-order valence-corrected chi connectivity index (χ3v) is 4.48. The second-order valence-corrected chi connectivity index (χ2v) is 6.83. The fourth-order valence-corrected chi connectivity index (χ4v) is 3.04. The minimum absolute atomic E-state index is 0.0789. The van der Waals surface area contributed by atoms with Gasteiger partial charge in [-0.2, -0.15) is 4.98 Å². The second-order valence-electron chi connectivity index (χ2n) is 6.83. The maximum atomic E-state index is 13.3. The lowest BCUT2D eigenvalue weighted by Gasteiger charge is -2.36. The van der Waals surface area contributed by atoms with E-state index in [2.05, 4.69) is 9.97 Å². The van der Waals surface area contributed by atoms with Crippen LogP contribution in [0.4, 0.5) is 20.5 Å². The van der Waals surface area contributed by atoms with Crippen LogP contribution in [-0.4, -0.2) is 54.5 Å². The summed E-state index contributed by atoms with van der Waals surface area (Å²) in [4.78, 5) is 12.9. The lowest BCUT2D eigenvalue weighted by Crippen LogP contribution is -2.49. The Morgan fingerprint density at radius 2 is 1.89 bits per heavy atom. The van der Waals surface area contributed by atoms with E-state index in [1.54, 1.807) is 0 Å². The van der Waals surface area contributed by atoms with Crippen LogP contribution in [0.3, 0.4) is 0 Å². The van der Waals surface area contributed by atoms with Gasteiger partial charge in [0.1, 0.15) is 35.4 Å². The molecule has 1 aliphatic rings. The van der Waals surface area contributed by atoms with E-state index >= 15 is 0 Å². The van der Waals surface area contributed by atoms with Gasteiger partial charge in [-0.25, -0.2) is 13.8 Å². The molecule has 0 unspecified atom stereocenters. The topological polar surface area (TPSA) is 61.7 Å². The number of piperidine rings is 1. The van der Waals surface area contributed by atoms with Crippen molar-refractivity contribution in [2.45, 2.75) is 32.0 Å². The quantitative estimate of drug-likeness (QED) is 0.862. The van der Waals surface area contributed by atoms with E-state index in [1.807, 2.05) is 36.9 Å². The van der Waals surface area contributed by atoms with Crippen LogP contribution in [0.5, 0.6) is 5.75 Å². The summed E-state index contributed by atoms with van der Waals surface area (Å²) in [6.07, 6.45) is -0.0673. The molecule has 27 heavy (non-hydrogen) atoms. The highest BCUT2D eigenvalue weighted by Crippen LogP contribution is 2.25. The Morgan fingerprint density at radius 3 is 2.48 bits per heavy atom. The first-order chi connectivity index (χ1) is 12.9. The summed E-state index contributed by atoms with van der Waals surface area (Å²) in [5, 5.41) is 10.5. The van der Waals surface area contributed by atoms with Crippen molar-refractivity contribution in [2.24, 2.45) is 0 Å². The second kappa shape index (κ2) is 8.04. The van der Waals surface area contributed by atoms with E-state index in [-0.39, 0.29) is 5.75 Å². The predicted octanol–water partition coefficient (Wildman–Crippen LogP) is 2.40. The molecule has 1 saturated heterocycles. The van der Waals surface area contributed by atoms with Crippen molar-refractivity contribution < 1.29 is 18.6 Å². The highest BCUT2D eigenvalue weighted by Gasteiger charge is 2.30. The molecular weight excluding hydrogens is 354 g/mol. The molecule has 1 aromatic carbocycles. The standard InChI is InChI=1S/C19H24F2N4O2/c1-4-14-10-18(23-19(22-14)24(2)3)25-6-5-17(16(26)11-25)27-15-8-12(20)7-13(21)9-15/h7-10,16-17,26H,4-6,11H2,1-3H3/t16-,17-/m1/s1. The lowest BCUT2D eigenvalue weighted by atomic mass is 10.0. The summed E-state index contributed by atoms with van der Waals surface area (Å²) in [6, 6.07) is 4.93. The van der Waals surface area contributed by atoms with Gasteiger partial charge in [-0.3, -0.25) is 0 Å². The van der Waals surface area contributed by atoms with Crippen molar-refractivity contribution >= 4 is 11.8 Å². The van der Waals surface area contributed by atoms with Gasteiger partial charge in [0.05, 0.1) is 0 Å². The largest absolute Gasteiger partial charge is 0.487 e. The molecule has 3 rings (SSSR count). The zero-order chi connectivity index (χ0) is 19.6. The number of benzene rings is 1. The molecule has 1 aromatic heterocycles. The molecule has 0 spiro atoms. The molecule has 0 aliphatic carbocycles. The van der Waals surface area contributed by atoms with Gasteiger partial charge in [-0.05, 0) is 6.42 Å². The molecule has 6 nitrogen and oxygen atoms in total. The molecule has 1 aliphatic heterocycles. The maximum absolute atomic E-state index is 13.3. The van der Waals surface area contributed by atoms with Crippen LogP contribution in [0.15, 0.2) is 24.3 Å². The number of aryl methyl sites for hydroxylation is 1. The summed E-state index contributed by atoms with van der Waals surface area (Å²) in [5.41, 5.74) is 0.923. The van der Waals surface area contributed by atoms with E-state index in [0.717, 1.165) is 36.1 Å². The van der Waals surface area contributed by atoms with Gasteiger partial charge in [0.25, 0.3) is 0 Å². The number of β-amino-alcohol motifs (C(OH)–C–C–N with tert-alkyl or cyclic N) is 1. The Hall–Kier alpha value is -2.48. The summed E-state index contributed by atoms with van der Waals surface area (Å²) in [5.74, 6) is 0.0324. The Labute approximate surface area is 157 Å². The van der Waals surface area contributed by atoms with Gasteiger partial charge in [0, 0.05) is 63.6 Å². The lowest BCUT2D eigenvalue weighted by molar-refractivity contribution is 0.0237. The van der Waals surface area contributed by atoms with Crippen LogP contribution < -0.4 is 14.5 Å².